The largest absolute Gasteiger partial charge is 0.326 e. The molecule has 8 nitrogen and oxygen atoms in total. The summed E-state index contributed by atoms with van der Waals surface area (Å²) in [5, 5.41) is 15.0. The van der Waals surface area contributed by atoms with E-state index in [1.165, 1.54) is 0 Å². The van der Waals surface area contributed by atoms with Gasteiger partial charge in [0, 0.05) is 21.9 Å². The minimum Gasteiger partial charge on any atom is -0.326 e. The lowest BCUT2D eigenvalue weighted by Crippen LogP contribution is -3.10. The topological polar surface area (TPSA) is 89.9 Å². The minimum absolute atomic E-state index is 0.126. The number of quaternary nitrogens is 1. The Hall–Kier alpha value is -3.56. The van der Waals surface area contributed by atoms with Gasteiger partial charge in [0.25, 0.3) is 0 Å². The Morgan fingerprint density at radius 1 is 1.16 bits per heavy atom. The molecule has 1 unspecified atom stereocenters. The van der Waals surface area contributed by atoms with Gasteiger partial charge in [-0.15, -0.1) is 0 Å². The molecule has 1 atom stereocenters. The molecule has 160 valence electrons. The number of para-hydroxylation sites is 1. The van der Waals surface area contributed by atoms with E-state index in [0.29, 0.717) is 6.54 Å². The number of carbonyl (C=O) groups is 1. The molecular weight excluding hydrogens is 422 g/mol. The van der Waals surface area contributed by atoms with Crippen LogP contribution in [0.4, 0.5) is 11.5 Å². The normalized spacial score (nSPS) is 19.5. The molecule has 0 saturated heterocycles. The molecule has 0 spiro atoms. The maximum Gasteiger partial charge on any atom is 0.233 e. The van der Waals surface area contributed by atoms with Crippen molar-refractivity contribution in [3.8, 4) is 0 Å². The molecule has 9 heteroatoms. The van der Waals surface area contributed by atoms with Gasteiger partial charge < -0.3 is 5.32 Å². The van der Waals surface area contributed by atoms with Crippen molar-refractivity contribution in [2.24, 2.45) is 10.9 Å². The molecule has 2 aliphatic heterocycles. The number of aromatic amines is 1. The van der Waals surface area contributed by atoms with Gasteiger partial charge in [0.05, 0.1) is 17.9 Å². The molecule has 3 aliphatic rings. The summed E-state index contributed by atoms with van der Waals surface area (Å²) in [7, 11) is 0. The van der Waals surface area contributed by atoms with Crippen LogP contribution in [0.15, 0.2) is 82.8 Å². The number of rotatable bonds is 6. The quantitative estimate of drug-likeness (QED) is 0.439. The van der Waals surface area contributed by atoms with Crippen molar-refractivity contribution in [2.75, 3.05) is 17.2 Å². The Kier molecular flexibility index (Phi) is 4.70. The van der Waals surface area contributed by atoms with Crippen molar-refractivity contribution < 1.29 is 9.69 Å². The number of benzene rings is 2. The third-order valence-electron chi connectivity index (χ3n) is 5.67. The van der Waals surface area contributed by atoms with Gasteiger partial charge in [-0.3, -0.25) is 19.5 Å². The first-order chi connectivity index (χ1) is 15.7. The summed E-state index contributed by atoms with van der Waals surface area (Å²) < 4.78 is 2.16. The summed E-state index contributed by atoms with van der Waals surface area (Å²) >= 11 is 1.63. The van der Waals surface area contributed by atoms with Gasteiger partial charge in [-0.05, 0) is 61.2 Å². The van der Waals surface area contributed by atoms with Crippen LogP contribution >= 0.6 is 11.9 Å². The summed E-state index contributed by atoms with van der Waals surface area (Å²) in [6.07, 6.45) is 7.98. The molecule has 1 saturated carbocycles. The first-order valence-electron chi connectivity index (χ1n) is 10.6. The van der Waals surface area contributed by atoms with E-state index in [0.717, 1.165) is 56.7 Å². The number of H-pyrrole nitrogens is 1. The Labute approximate surface area is 189 Å². The van der Waals surface area contributed by atoms with Crippen molar-refractivity contribution >= 4 is 46.1 Å². The van der Waals surface area contributed by atoms with Crippen molar-refractivity contribution in [3.63, 3.8) is 0 Å². The predicted octanol–water partition coefficient (Wildman–Crippen LogP) is 2.91. The number of hydrogen-bond acceptors (Lipinski definition) is 6. The highest BCUT2D eigenvalue weighted by Crippen LogP contribution is 2.31. The first-order valence-corrected chi connectivity index (χ1v) is 11.4. The minimum atomic E-state index is 0.126. The lowest BCUT2D eigenvalue weighted by atomic mass is 10.2. The van der Waals surface area contributed by atoms with E-state index in [4.69, 9.17) is 0 Å². The number of aliphatic imine (C=N–C) groups is 1. The van der Waals surface area contributed by atoms with Gasteiger partial charge in [-0.2, -0.15) is 5.10 Å². The molecule has 1 aromatic heterocycles. The van der Waals surface area contributed by atoms with Crippen LogP contribution in [0.1, 0.15) is 12.8 Å². The van der Waals surface area contributed by atoms with E-state index < -0.39 is 0 Å². The van der Waals surface area contributed by atoms with Crippen LogP contribution in [0.25, 0.3) is 10.9 Å². The van der Waals surface area contributed by atoms with E-state index in [1.807, 2.05) is 60.9 Å². The summed E-state index contributed by atoms with van der Waals surface area (Å²) in [6.45, 7) is 0.708. The van der Waals surface area contributed by atoms with Crippen molar-refractivity contribution in [1.29, 1.82) is 0 Å². The Morgan fingerprint density at radius 2 is 2.00 bits per heavy atom. The smallest absolute Gasteiger partial charge is 0.233 e. The van der Waals surface area contributed by atoms with Gasteiger partial charge in [0.2, 0.25) is 17.6 Å². The molecular formula is C23H22N7OS+. The predicted molar refractivity (Wildman–Crippen MR) is 126 cm³/mol. The first kappa shape index (κ1) is 19.1. The molecule has 0 radical (unpaired) electrons. The number of nitrogens with one attached hydrogen (secondary N) is 4. The fourth-order valence-corrected chi connectivity index (χ4v) is 4.69. The van der Waals surface area contributed by atoms with E-state index in [1.54, 1.807) is 11.9 Å². The fourth-order valence-electron chi connectivity index (χ4n) is 3.81. The highest BCUT2D eigenvalue weighted by Gasteiger charge is 2.32. The molecule has 3 heterocycles. The van der Waals surface area contributed by atoms with Gasteiger partial charge in [0.15, 0.2) is 5.82 Å². The van der Waals surface area contributed by atoms with Crippen LogP contribution in [0, 0.1) is 5.92 Å². The molecule has 1 aliphatic carbocycles. The molecule has 32 heavy (non-hydrogen) atoms. The van der Waals surface area contributed by atoms with Crippen LogP contribution in [0.3, 0.4) is 0 Å². The van der Waals surface area contributed by atoms with Crippen molar-refractivity contribution in [1.82, 2.24) is 14.5 Å². The van der Waals surface area contributed by atoms with Crippen molar-refractivity contribution in [3.05, 3.63) is 73.0 Å². The zero-order valence-corrected chi connectivity index (χ0v) is 18.0. The molecule has 4 N–H and O–H groups in total. The standard InChI is InChI=1S/C23H21N7OS/c31-23(15-5-6-15)25-16-7-9-17(10-8-16)32-29-13-20-24-11-12-30(20)21(14-29)26-22-18-3-1-2-4-19(18)27-28-22/h1-4,7-12,14-15H,5-6,13H2,(H,25,31)(H2,26,27,28)/p+1. The fraction of sp³-hybridized carbons (Fsp3) is 0.174. The second kappa shape index (κ2) is 7.85. The number of amides is 1. The Morgan fingerprint density at radius 3 is 2.84 bits per heavy atom. The van der Waals surface area contributed by atoms with Gasteiger partial charge >= 0.3 is 0 Å². The average Bonchev–Trinajstić information content (AvgIpc) is 3.43. The summed E-state index contributed by atoms with van der Waals surface area (Å²) in [5.74, 6) is 3.10. The summed E-state index contributed by atoms with van der Waals surface area (Å²) in [4.78, 5) is 18.7. The second-order valence-corrected chi connectivity index (χ2v) is 9.17. The van der Waals surface area contributed by atoms with Gasteiger partial charge in [-0.25, -0.2) is 9.89 Å². The second-order valence-electron chi connectivity index (χ2n) is 8.05. The maximum atomic E-state index is 12.0. The van der Waals surface area contributed by atoms with Crippen LogP contribution in [0.5, 0.6) is 0 Å². The number of hydrogen-bond donors (Lipinski definition) is 4. The number of fused-ring (bicyclic) bond motifs is 2. The molecule has 6 rings (SSSR count). The third-order valence-corrected chi connectivity index (χ3v) is 6.62. The van der Waals surface area contributed by atoms with Gasteiger partial charge in [0.1, 0.15) is 12.7 Å². The SMILES string of the molecule is O=C(Nc1ccc(SN2C=C(Nc3n[nH]c4ccccc34)[NH+]3C=CN=C3C2)cc1)C1CC1. The van der Waals surface area contributed by atoms with Crippen LogP contribution in [-0.4, -0.2) is 32.8 Å². The lowest BCUT2D eigenvalue weighted by molar-refractivity contribution is -0.699. The van der Waals surface area contributed by atoms with Crippen LogP contribution in [-0.2, 0) is 4.79 Å². The van der Waals surface area contributed by atoms with Crippen LogP contribution in [0.2, 0.25) is 0 Å². The van der Waals surface area contributed by atoms with E-state index >= 15 is 0 Å². The highest BCUT2D eigenvalue weighted by atomic mass is 32.2. The molecule has 0 bridgehead atoms. The van der Waals surface area contributed by atoms with E-state index in [-0.39, 0.29) is 11.8 Å². The Balaban J connectivity index is 1.20. The highest BCUT2D eigenvalue weighted by molar-refractivity contribution is 7.97. The van der Waals surface area contributed by atoms with E-state index in [9.17, 15) is 4.79 Å². The number of aromatic nitrogens is 2. The average molecular weight is 445 g/mol. The maximum absolute atomic E-state index is 12.0. The summed E-state index contributed by atoms with van der Waals surface area (Å²) in [6, 6.07) is 16.0. The molecule has 1 fully saturated rings. The zero-order valence-electron chi connectivity index (χ0n) is 17.2. The molecule has 2 aromatic carbocycles. The third kappa shape index (κ3) is 3.76. The van der Waals surface area contributed by atoms with Gasteiger partial charge in [-0.1, -0.05) is 12.1 Å². The van der Waals surface area contributed by atoms with E-state index in [2.05, 4.69) is 36.3 Å². The molecule has 1 amide bonds. The Bertz CT molecular complexity index is 1270. The number of nitrogens with zero attached hydrogens (tertiary/aromatic N) is 3. The lowest BCUT2D eigenvalue weighted by Gasteiger charge is -2.27. The number of amidine groups is 1. The number of anilines is 2. The summed E-state index contributed by atoms with van der Waals surface area (Å²) in [5.41, 5.74) is 1.83. The van der Waals surface area contributed by atoms with Crippen molar-refractivity contribution in [2.45, 2.75) is 17.7 Å². The zero-order chi connectivity index (χ0) is 21.5. The monoisotopic (exact) mass is 444 g/mol. The van der Waals surface area contributed by atoms with Crippen LogP contribution < -0.4 is 15.5 Å². The molecule has 3 aromatic rings. The number of carbonyl (C=O) groups excluding carboxylic acids is 1.